The first-order valence-corrected chi connectivity index (χ1v) is 10.0. The summed E-state index contributed by atoms with van der Waals surface area (Å²) in [5.74, 6) is 0.462. The van der Waals surface area contributed by atoms with E-state index in [0.717, 1.165) is 19.4 Å². The molecule has 2 rings (SSSR count). The van der Waals surface area contributed by atoms with Crippen molar-refractivity contribution in [2.45, 2.75) is 89.4 Å². The molecule has 26 heavy (non-hydrogen) atoms. The summed E-state index contributed by atoms with van der Waals surface area (Å²) < 4.78 is 5.55. The van der Waals surface area contributed by atoms with Crippen LogP contribution in [0, 0.1) is 11.8 Å². The predicted octanol–water partition coefficient (Wildman–Crippen LogP) is 0.167. The van der Waals surface area contributed by atoms with Crippen molar-refractivity contribution in [1.82, 2.24) is 10.6 Å². The van der Waals surface area contributed by atoms with Crippen LogP contribution in [0.1, 0.15) is 52.9 Å². The molecule has 0 aromatic carbocycles. The zero-order valence-electron chi connectivity index (χ0n) is 16.2. The van der Waals surface area contributed by atoms with Crippen LogP contribution in [0.3, 0.4) is 0 Å². The highest BCUT2D eigenvalue weighted by Crippen LogP contribution is 2.24. The molecule has 2 fully saturated rings. The van der Waals surface area contributed by atoms with E-state index in [2.05, 4.69) is 17.6 Å². The molecule has 0 aromatic heterocycles. The Balaban J connectivity index is 1.90. The minimum absolute atomic E-state index is 0.0165. The van der Waals surface area contributed by atoms with Crippen molar-refractivity contribution in [3.05, 3.63) is 0 Å². The van der Waals surface area contributed by atoms with Crippen LogP contribution < -0.4 is 10.6 Å². The van der Waals surface area contributed by atoms with Crippen molar-refractivity contribution in [3.8, 4) is 0 Å². The molecule has 2 aliphatic rings. The van der Waals surface area contributed by atoms with Gasteiger partial charge < -0.3 is 30.7 Å². The topological polar surface area (TPSA) is 111 Å². The van der Waals surface area contributed by atoms with Crippen molar-refractivity contribution in [2.75, 3.05) is 13.2 Å². The monoisotopic (exact) mass is 372 g/mol. The Hall–Kier alpha value is -0.730. The van der Waals surface area contributed by atoms with Crippen LogP contribution in [-0.2, 0) is 9.53 Å². The Morgan fingerprint density at radius 1 is 1.23 bits per heavy atom. The highest BCUT2D eigenvalue weighted by Gasteiger charge is 2.43. The second kappa shape index (κ2) is 9.99. The number of ether oxygens (including phenoxy) is 1. The molecule has 0 aromatic rings. The molecule has 152 valence electrons. The maximum absolute atomic E-state index is 12.7. The number of nitrogens with one attached hydrogen (secondary N) is 2. The summed E-state index contributed by atoms with van der Waals surface area (Å²) in [6.07, 6.45) is 1.27. The van der Waals surface area contributed by atoms with Crippen LogP contribution in [0.4, 0.5) is 0 Å². The summed E-state index contributed by atoms with van der Waals surface area (Å²) in [7, 11) is 0. The molecule has 0 spiro atoms. The van der Waals surface area contributed by atoms with E-state index >= 15 is 0 Å². The molecule has 2 heterocycles. The van der Waals surface area contributed by atoms with Crippen molar-refractivity contribution >= 4 is 5.91 Å². The summed E-state index contributed by atoms with van der Waals surface area (Å²) in [6, 6.07) is -0.653. The van der Waals surface area contributed by atoms with Crippen LogP contribution in [0.5, 0.6) is 0 Å². The van der Waals surface area contributed by atoms with Gasteiger partial charge in [0.25, 0.3) is 0 Å². The zero-order valence-corrected chi connectivity index (χ0v) is 16.2. The lowest BCUT2D eigenvalue weighted by Gasteiger charge is -2.41. The third-order valence-corrected chi connectivity index (χ3v) is 5.68. The smallest absolute Gasteiger partial charge is 0.237 e. The first-order chi connectivity index (χ1) is 12.3. The number of aliphatic hydroxyl groups is 3. The van der Waals surface area contributed by atoms with E-state index in [9.17, 15) is 20.1 Å². The number of hydrogen-bond acceptors (Lipinski definition) is 6. The molecule has 2 saturated heterocycles. The Kier molecular flexibility index (Phi) is 8.29. The van der Waals surface area contributed by atoms with Crippen molar-refractivity contribution in [3.63, 3.8) is 0 Å². The van der Waals surface area contributed by atoms with Gasteiger partial charge in [0.1, 0.15) is 24.4 Å². The Bertz CT molecular complexity index is 448. The number of hydrogen-bond donors (Lipinski definition) is 5. The molecule has 0 saturated carbocycles. The lowest BCUT2D eigenvalue weighted by Crippen LogP contribution is -2.62. The predicted molar refractivity (Wildman–Crippen MR) is 98.6 cm³/mol. The van der Waals surface area contributed by atoms with Gasteiger partial charge in [-0.1, -0.05) is 40.0 Å². The fraction of sp³-hybridized carbons (Fsp3) is 0.947. The molecule has 7 nitrogen and oxygen atoms in total. The molecule has 0 unspecified atom stereocenters. The lowest BCUT2D eigenvalue weighted by atomic mass is 9.88. The Labute approximate surface area is 156 Å². The molecule has 0 aliphatic carbocycles. The van der Waals surface area contributed by atoms with Crippen molar-refractivity contribution in [2.24, 2.45) is 11.8 Å². The average molecular weight is 373 g/mol. The molecule has 5 N–H and O–H groups in total. The van der Waals surface area contributed by atoms with Gasteiger partial charge in [-0.2, -0.15) is 0 Å². The third kappa shape index (κ3) is 5.39. The number of aliphatic hydroxyl groups excluding tert-OH is 3. The van der Waals surface area contributed by atoms with E-state index in [1.165, 1.54) is 19.3 Å². The van der Waals surface area contributed by atoms with E-state index < -0.39 is 30.5 Å². The summed E-state index contributed by atoms with van der Waals surface area (Å²) in [5, 5.41) is 36.1. The lowest BCUT2D eigenvalue weighted by molar-refractivity contribution is -0.197. The first kappa shape index (κ1) is 21.6. The highest BCUT2D eigenvalue weighted by molar-refractivity contribution is 5.82. The van der Waals surface area contributed by atoms with Crippen molar-refractivity contribution in [1.29, 1.82) is 0 Å². The van der Waals surface area contributed by atoms with E-state index in [-0.39, 0.29) is 24.5 Å². The number of unbranched alkanes of at least 4 members (excludes halogenated alkanes) is 2. The van der Waals surface area contributed by atoms with Gasteiger partial charge in [0.2, 0.25) is 5.91 Å². The van der Waals surface area contributed by atoms with E-state index in [4.69, 9.17) is 4.74 Å². The summed E-state index contributed by atoms with van der Waals surface area (Å²) >= 11 is 0. The quantitative estimate of drug-likeness (QED) is 0.388. The number of carbonyl (C=O) groups excluding carboxylic acids is 1. The third-order valence-electron chi connectivity index (χ3n) is 5.68. The molecular weight excluding hydrogens is 336 g/mol. The first-order valence-electron chi connectivity index (χ1n) is 10.0. The minimum Gasteiger partial charge on any atom is -0.388 e. The van der Waals surface area contributed by atoms with Crippen LogP contribution in [0.15, 0.2) is 0 Å². The Morgan fingerprint density at radius 3 is 2.62 bits per heavy atom. The van der Waals surface area contributed by atoms with Gasteiger partial charge in [0.05, 0.1) is 18.7 Å². The van der Waals surface area contributed by atoms with Crippen LogP contribution >= 0.6 is 0 Å². The zero-order chi connectivity index (χ0) is 19.3. The normalized spacial score (nSPS) is 36.3. The average Bonchev–Trinajstić information content (AvgIpc) is 3.07. The van der Waals surface area contributed by atoms with E-state index in [1.54, 1.807) is 0 Å². The maximum atomic E-state index is 12.7. The van der Waals surface area contributed by atoms with Crippen LogP contribution in [0.2, 0.25) is 0 Å². The van der Waals surface area contributed by atoms with Crippen molar-refractivity contribution < 1.29 is 24.9 Å². The fourth-order valence-electron chi connectivity index (χ4n) is 3.95. The second-order valence-electron chi connectivity index (χ2n) is 8.18. The largest absolute Gasteiger partial charge is 0.388 e. The van der Waals surface area contributed by atoms with Crippen LogP contribution in [-0.4, -0.2) is 70.9 Å². The fourth-order valence-corrected chi connectivity index (χ4v) is 3.95. The number of carbonyl (C=O) groups is 1. The van der Waals surface area contributed by atoms with Gasteiger partial charge in [0.15, 0.2) is 0 Å². The molecule has 0 bridgehead atoms. The van der Waals surface area contributed by atoms with E-state index in [0.29, 0.717) is 5.92 Å². The molecule has 7 atom stereocenters. The summed E-state index contributed by atoms with van der Waals surface area (Å²) in [5.41, 5.74) is 0. The van der Waals surface area contributed by atoms with Gasteiger partial charge in [-0.25, -0.2) is 0 Å². The van der Waals surface area contributed by atoms with Gasteiger partial charge >= 0.3 is 0 Å². The summed E-state index contributed by atoms with van der Waals surface area (Å²) in [6.45, 7) is 6.87. The highest BCUT2D eigenvalue weighted by atomic mass is 16.5. The SMILES string of the molecule is CCCCC[C@H]1CN[C@H](C(=O)N[C@H](C(C)C)[C@H]2OC[C@H](O)[C@@H](O)[C@H]2O)C1. The molecule has 0 radical (unpaired) electrons. The van der Waals surface area contributed by atoms with Gasteiger partial charge in [-0.15, -0.1) is 0 Å². The summed E-state index contributed by atoms with van der Waals surface area (Å²) in [4.78, 5) is 12.7. The van der Waals surface area contributed by atoms with E-state index in [1.807, 2.05) is 13.8 Å². The molecule has 1 amide bonds. The van der Waals surface area contributed by atoms with Gasteiger partial charge in [-0.3, -0.25) is 4.79 Å². The van der Waals surface area contributed by atoms with Gasteiger partial charge in [0, 0.05) is 0 Å². The van der Waals surface area contributed by atoms with Crippen LogP contribution in [0.25, 0.3) is 0 Å². The van der Waals surface area contributed by atoms with Gasteiger partial charge in [-0.05, 0) is 31.2 Å². The number of amides is 1. The molecular formula is C19H36N2O5. The molecule has 7 heteroatoms. The number of rotatable bonds is 8. The second-order valence-corrected chi connectivity index (χ2v) is 8.18. The standard InChI is InChI=1S/C19H36N2O5/c1-4-5-6-7-12-8-13(20-9-12)19(25)21-15(11(2)3)18-17(24)16(23)14(22)10-26-18/h11-18,20,22-24H,4-10H2,1-3H3,(H,21,25)/t12-,13+,14+,15-,16-,17-,18-/m1/s1. The Morgan fingerprint density at radius 2 is 1.96 bits per heavy atom. The maximum Gasteiger partial charge on any atom is 0.237 e. The minimum atomic E-state index is -1.26. The molecule has 2 aliphatic heterocycles.